The molecule has 9 heteroatoms. The van der Waals surface area contributed by atoms with Crippen molar-refractivity contribution < 1.29 is 14.3 Å². The van der Waals surface area contributed by atoms with E-state index in [1.54, 1.807) is 24.1 Å². The SMILES string of the molecule is C=CCC1CN(C2CCCC2)C(=N/C(=C)Nc2ccc(C(=O)NC3CCN(C)C3)cc2OC)/C(=C\C)N(C)C1=O.CCC. The van der Waals surface area contributed by atoms with Crippen LogP contribution in [0.15, 0.2) is 60.0 Å². The average Bonchev–Trinajstić information content (AvgIpc) is 3.65. The van der Waals surface area contributed by atoms with E-state index in [-0.39, 0.29) is 23.8 Å². The van der Waals surface area contributed by atoms with Gasteiger partial charge in [0.15, 0.2) is 5.84 Å². The number of allylic oxidation sites excluding steroid dienone is 2. The van der Waals surface area contributed by atoms with Crippen molar-refractivity contribution in [2.24, 2.45) is 10.9 Å². The lowest BCUT2D eigenvalue weighted by Crippen LogP contribution is -2.42. The number of rotatable bonds is 9. The third kappa shape index (κ3) is 8.72. The van der Waals surface area contributed by atoms with Gasteiger partial charge in [0, 0.05) is 37.8 Å². The normalized spacial score (nSPS) is 23.2. The molecule has 236 valence electrons. The zero-order valence-corrected chi connectivity index (χ0v) is 27.1. The van der Waals surface area contributed by atoms with Crippen molar-refractivity contribution in [3.8, 4) is 5.75 Å². The fourth-order valence-corrected chi connectivity index (χ4v) is 6.02. The van der Waals surface area contributed by atoms with E-state index in [9.17, 15) is 9.59 Å². The molecule has 0 radical (unpaired) electrons. The largest absolute Gasteiger partial charge is 0.495 e. The van der Waals surface area contributed by atoms with Crippen LogP contribution >= 0.6 is 0 Å². The van der Waals surface area contributed by atoms with Gasteiger partial charge in [-0.15, -0.1) is 6.58 Å². The van der Waals surface area contributed by atoms with Crippen LogP contribution in [0.25, 0.3) is 0 Å². The minimum absolute atomic E-state index is 0.0690. The van der Waals surface area contributed by atoms with Gasteiger partial charge in [-0.1, -0.05) is 51.8 Å². The summed E-state index contributed by atoms with van der Waals surface area (Å²) in [4.78, 5) is 37.4. The molecule has 2 amide bonds. The summed E-state index contributed by atoms with van der Waals surface area (Å²) in [6, 6.07) is 5.79. The van der Waals surface area contributed by atoms with Crippen molar-refractivity contribution in [1.29, 1.82) is 0 Å². The fraction of sp³-hybridized carbons (Fsp3) is 0.559. The highest BCUT2D eigenvalue weighted by atomic mass is 16.5. The quantitative estimate of drug-likeness (QED) is 0.361. The Morgan fingerprint density at radius 1 is 1.16 bits per heavy atom. The Labute approximate surface area is 258 Å². The Kier molecular flexibility index (Phi) is 12.9. The maximum Gasteiger partial charge on any atom is 0.251 e. The van der Waals surface area contributed by atoms with Gasteiger partial charge < -0.3 is 30.1 Å². The maximum atomic E-state index is 13.3. The van der Waals surface area contributed by atoms with Crippen LogP contribution in [0.2, 0.25) is 0 Å². The van der Waals surface area contributed by atoms with Crippen molar-refractivity contribution in [1.82, 2.24) is 20.0 Å². The topological polar surface area (TPSA) is 89.5 Å². The molecule has 2 unspecified atom stereocenters. The Bertz CT molecular complexity index is 1200. The summed E-state index contributed by atoms with van der Waals surface area (Å²) in [5, 5.41) is 6.39. The summed E-state index contributed by atoms with van der Waals surface area (Å²) < 4.78 is 5.63. The first-order chi connectivity index (χ1) is 20.7. The Balaban J connectivity index is 0.00000162. The van der Waals surface area contributed by atoms with E-state index in [4.69, 9.17) is 9.73 Å². The van der Waals surface area contributed by atoms with Crippen LogP contribution in [0.1, 0.15) is 76.1 Å². The smallest absolute Gasteiger partial charge is 0.251 e. The number of anilines is 1. The second-order valence-corrected chi connectivity index (χ2v) is 11.7. The molecular weight excluding hydrogens is 540 g/mol. The molecule has 1 aliphatic carbocycles. The number of aliphatic imine (C=N–C) groups is 1. The number of ether oxygens (including phenoxy) is 1. The molecule has 0 spiro atoms. The molecule has 4 rings (SSSR count). The summed E-state index contributed by atoms with van der Waals surface area (Å²) in [5.74, 6) is 1.45. The molecular formula is C34H52N6O3. The maximum absolute atomic E-state index is 13.3. The van der Waals surface area contributed by atoms with Crippen LogP contribution in [0.5, 0.6) is 5.75 Å². The molecule has 1 aromatic rings. The lowest BCUT2D eigenvalue weighted by molar-refractivity contribution is -0.131. The molecule has 2 N–H and O–H groups in total. The number of likely N-dealkylation sites (tertiary alicyclic amines) is 1. The van der Waals surface area contributed by atoms with Gasteiger partial charge in [0.2, 0.25) is 5.91 Å². The van der Waals surface area contributed by atoms with E-state index in [0.29, 0.717) is 41.8 Å². The van der Waals surface area contributed by atoms with Gasteiger partial charge in [0.05, 0.1) is 24.4 Å². The second-order valence-electron chi connectivity index (χ2n) is 11.7. The molecule has 1 aromatic carbocycles. The molecule has 2 heterocycles. The molecule has 2 aliphatic heterocycles. The number of benzene rings is 1. The number of nitrogens with one attached hydrogen (secondary N) is 2. The van der Waals surface area contributed by atoms with E-state index < -0.39 is 0 Å². The number of hydrogen-bond donors (Lipinski definition) is 2. The Morgan fingerprint density at radius 3 is 2.44 bits per heavy atom. The number of hydrogen-bond acceptors (Lipinski definition) is 6. The molecule has 1 saturated carbocycles. The lowest BCUT2D eigenvalue weighted by Gasteiger charge is -2.32. The molecule has 2 saturated heterocycles. The number of likely N-dealkylation sites (N-methyl/N-ethyl adjacent to an activating group) is 2. The minimum Gasteiger partial charge on any atom is -0.495 e. The van der Waals surface area contributed by atoms with E-state index in [1.807, 2.05) is 32.2 Å². The van der Waals surface area contributed by atoms with Crippen LogP contribution in [0.4, 0.5) is 5.69 Å². The molecule has 3 aliphatic rings. The number of amides is 2. The third-order valence-electron chi connectivity index (χ3n) is 8.16. The molecule has 2 atom stereocenters. The number of amidine groups is 1. The van der Waals surface area contributed by atoms with Gasteiger partial charge in [-0.25, -0.2) is 4.99 Å². The summed E-state index contributed by atoms with van der Waals surface area (Å²) in [6.45, 7) is 16.7. The van der Waals surface area contributed by atoms with E-state index in [0.717, 1.165) is 43.9 Å². The number of carbonyl (C=O) groups is 2. The van der Waals surface area contributed by atoms with E-state index in [1.165, 1.54) is 19.3 Å². The average molecular weight is 593 g/mol. The highest BCUT2D eigenvalue weighted by Gasteiger charge is 2.37. The number of methoxy groups -OCH3 is 1. The standard InChI is InChI=1S/C31H44N6O3.C3H8/c1-7-11-23-19-37(25-12-9-10-13-25)29(27(8-2)36(5)31(23)39)33-21(3)32-26-15-14-22(18-28(26)40-6)30(38)34-24-16-17-35(4)20-24;1-3-2/h7-8,14-15,18,23-25,32H,1,3,9-13,16-17,19-20H2,2,4-6H3,(H,34,38);3H2,1-2H3/b27-8+,33-29+;. The predicted molar refractivity (Wildman–Crippen MR) is 176 cm³/mol. The molecule has 0 aromatic heterocycles. The zero-order valence-electron chi connectivity index (χ0n) is 27.1. The minimum atomic E-state index is -0.185. The van der Waals surface area contributed by atoms with Gasteiger partial charge in [-0.05, 0) is 64.4 Å². The van der Waals surface area contributed by atoms with Gasteiger partial charge in [0.1, 0.15) is 11.6 Å². The van der Waals surface area contributed by atoms with Crippen molar-refractivity contribution in [2.75, 3.05) is 46.2 Å². The van der Waals surface area contributed by atoms with Crippen molar-refractivity contribution in [2.45, 2.75) is 77.8 Å². The number of carbonyl (C=O) groups excluding carboxylic acids is 2. The molecule has 0 bridgehead atoms. The predicted octanol–water partition coefficient (Wildman–Crippen LogP) is 5.64. The Morgan fingerprint density at radius 2 is 1.86 bits per heavy atom. The van der Waals surface area contributed by atoms with Crippen LogP contribution < -0.4 is 15.4 Å². The van der Waals surface area contributed by atoms with Gasteiger partial charge in [0.25, 0.3) is 5.91 Å². The van der Waals surface area contributed by atoms with Crippen molar-refractivity contribution >= 4 is 23.3 Å². The summed E-state index contributed by atoms with van der Waals surface area (Å²) in [7, 11) is 5.45. The van der Waals surface area contributed by atoms with Crippen LogP contribution in [0, 0.1) is 5.92 Å². The zero-order chi connectivity index (χ0) is 31.5. The van der Waals surface area contributed by atoms with Gasteiger partial charge in [-0.2, -0.15) is 0 Å². The highest BCUT2D eigenvalue weighted by Crippen LogP contribution is 2.32. The van der Waals surface area contributed by atoms with Crippen molar-refractivity contribution in [3.63, 3.8) is 0 Å². The Hall–Kier alpha value is -3.59. The number of nitrogens with zero attached hydrogens (tertiary/aromatic N) is 4. The third-order valence-corrected chi connectivity index (χ3v) is 8.16. The molecule has 9 nitrogen and oxygen atoms in total. The van der Waals surface area contributed by atoms with Crippen LogP contribution in [-0.2, 0) is 4.79 Å². The first-order valence-corrected chi connectivity index (χ1v) is 15.7. The van der Waals surface area contributed by atoms with Crippen molar-refractivity contribution in [3.05, 3.63) is 60.6 Å². The summed E-state index contributed by atoms with van der Waals surface area (Å²) >= 11 is 0. The van der Waals surface area contributed by atoms with Gasteiger partial charge in [-0.3, -0.25) is 9.59 Å². The monoisotopic (exact) mass is 592 g/mol. The van der Waals surface area contributed by atoms with Crippen LogP contribution in [0.3, 0.4) is 0 Å². The molecule has 3 fully saturated rings. The first kappa shape index (κ1) is 33.9. The van der Waals surface area contributed by atoms with E-state index >= 15 is 0 Å². The van der Waals surface area contributed by atoms with E-state index in [2.05, 4.69) is 54.5 Å². The van der Waals surface area contributed by atoms with Crippen LogP contribution in [-0.4, -0.2) is 85.3 Å². The fourth-order valence-electron chi connectivity index (χ4n) is 6.02. The lowest BCUT2D eigenvalue weighted by atomic mass is 10.0. The van der Waals surface area contributed by atoms with Gasteiger partial charge >= 0.3 is 0 Å². The second kappa shape index (κ2) is 16.3. The highest BCUT2D eigenvalue weighted by molar-refractivity contribution is 6.04. The first-order valence-electron chi connectivity index (χ1n) is 15.7. The summed E-state index contributed by atoms with van der Waals surface area (Å²) in [6.07, 6.45) is 11.1. The molecule has 43 heavy (non-hydrogen) atoms. The summed E-state index contributed by atoms with van der Waals surface area (Å²) in [5.41, 5.74) is 1.96.